The topological polar surface area (TPSA) is 169 Å². The van der Waals surface area contributed by atoms with Gasteiger partial charge < -0.3 is 29.8 Å². The van der Waals surface area contributed by atoms with E-state index in [1.54, 1.807) is 0 Å². The van der Waals surface area contributed by atoms with Gasteiger partial charge in [-0.15, -0.1) is 23.1 Å². The van der Waals surface area contributed by atoms with Gasteiger partial charge in [0.05, 0.1) is 0 Å². The number of nitrogens with one attached hydrogen (secondary N) is 2. The average Bonchev–Trinajstić information content (AvgIpc) is 3.37. The van der Waals surface area contributed by atoms with Gasteiger partial charge in [-0.25, -0.2) is 9.78 Å². The Labute approximate surface area is 239 Å². The van der Waals surface area contributed by atoms with Crippen LogP contribution < -0.4 is 10.6 Å². The minimum Gasteiger partial charge on any atom is -0.461 e. The van der Waals surface area contributed by atoms with Crippen LogP contribution in [0.15, 0.2) is 21.8 Å². The van der Waals surface area contributed by atoms with Gasteiger partial charge in [-0.05, 0) is 13.1 Å². The molecule has 3 rings (SSSR count). The number of aromatic nitrogens is 1. The number of carbonyl (C=O) groups is 5. The monoisotopic (exact) mass is 596 g/mol. The van der Waals surface area contributed by atoms with E-state index in [1.165, 1.54) is 43.0 Å². The molecule has 0 aliphatic carbocycles. The van der Waals surface area contributed by atoms with Gasteiger partial charge in [-0.3, -0.25) is 24.1 Å². The molecule has 0 bridgehead atoms. The predicted octanol–water partition coefficient (Wildman–Crippen LogP) is 0.554. The maximum absolute atomic E-state index is 13.3. The fraction of sp³-hybridized carbons (Fsp3) is 0.542. The summed E-state index contributed by atoms with van der Waals surface area (Å²) >= 11 is 2.40. The van der Waals surface area contributed by atoms with Crippen LogP contribution in [0.5, 0.6) is 0 Å². The van der Waals surface area contributed by atoms with Gasteiger partial charge in [0.2, 0.25) is 5.91 Å². The number of anilines is 1. The summed E-state index contributed by atoms with van der Waals surface area (Å²) in [5.41, 5.74) is 0.417. The van der Waals surface area contributed by atoms with Gasteiger partial charge in [0.15, 0.2) is 10.8 Å². The molecule has 1 fully saturated rings. The van der Waals surface area contributed by atoms with E-state index < -0.39 is 35.2 Å². The Morgan fingerprint density at radius 3 is 2.55 bits per heavy atom. The lowest BCUT2D eigenvalue weighted by Gasteiger charge is -2.49. The highest BCUT2D eigenvalue weighted by molar-refractivity contribution is 8.00. The number of thioether (sulfide) groups is 1. The van der Waals surface area contributed by atoms with Gasteiger partial charge in [-0.1, -0.05) is 19.0 Å². The number of fused-ring (bicyclic) bond motifs is 1. The molecule has 3 heterocycles. The summed E-state index contributed by atoms with van der Waals surface area (Å²) in [5, 5.41) is 10.1. The zero-order chi connectivity index (χ0) is 29.4. The van der Waals surface area contributed by atoms with Crippen molar-refractivity contribution in [2.45, 2.75) is 39.1 Å². The summed E-state index contributed by atoms with van der Waals surface area (Å²) in [7, 11) is 1.26. The van der Waals surface area contributed by atoms with Crippen molar-refractivity contribution >= 4 is 63.6 Å². The zero-order valence-corrected chi connectivity index (χ0v) is 24.5. The first-order valence-electron chi connectivity index (χ1n) is 12.5. The lowest BCUT2D eigenvalue weighted by molar-refractivity contribution is -0.153. The molecule has 3 amide bonds. The van der Waals surface area contributed by atoms with E-state index in [-0.39, 0.29) is 47.1 Å². The number of oxime groups is 1. The molecule has 1 saturated heterocycles. The number of nitrogens with zero attached hydrogens (tertiary/aromatic N) is 4. The van der Waals surface area contributed by atoms with E-state index in [9.17, 15) is 24.0 Å². The SMILES string of the molecule is CCN(CC)CCOC(=O)C1=C(COC(C)=O)CSC2C(NC(=O)/C(=N/OC)c3csc(NC(C)=O)n3)C(=O)N12. The number of esters is 2. The largest absolute Gasteiger partial charge is 0.461 e. The van der Waals surface area contributed by atoms with Crippen molar-refractivity contribution in [3.63, 3.8) is 0 Å². The molecule has 16 heteroatoms. The molecule has 40 heavy (non-hydrogen) atoms. The second-order valence-corrected chi connectivity index (χ2v) is 10.6. The normalized spacial score (nSPS) is 18.6. The summed E-state index contributed by atoms with van der Waals surface area (Å²) in [4.78, 5) is 74.6. The summed E-state index contributed by atoms with van der Waals surface area (Å²) in [6, 6.07) is -0.971. The fourth-order valence-electron chi connectivity index (χ4n) is 3.94. The van der Waals surface area contributed by atoms with Crippen molar-refractivity contribution in [2.24, 2.45) is 5.16 Å². The lowest BCUT2D eigenvalue weighted by Crippen LogP contribution is -2.71. The summed E-state index contributed by atoms with van der Waals surface area (Å²) in [6.07, 6.45) is 0. The number of β-lactam (4-membered cyclic amide) rings is 1. The first-order chi connectivity index (χ1) is 19.1. The number of ether oxygens (including phenoxy) is 2. The highest BCUT2D eigenvalue weighted by Crippen LogP contribution is 2.40. The third kappa shape index (κ3) is 7.37. The molecule has 2 N–H and O–H groups in total. The predicted molar refractivity (Wildman–Crippen MR) is 147 cm³/mol. The Hall–Kier alpha value is -3.50. The molecule has 0 radical (unpaired) electrons. The van der Waals surface area contributed by atoms with Crippen LogP contribution in [0.4, 0.5) is 5.13 Å². The number of carbonyl (C=O) groups excluding carboxylic acids is 5. The Morgan fingerprint density at radius 2 is 1.93 bits per heavy atom. The van der Waals surface area contributed by atoms with Gasteiger partial charge in [0.1, 0.15) is 43.1 Å². The van der Waals surface area contributed by atoms with Crippen LogP contribution in [0.25, 0.3) is 0 Å². The molecule has 14 nitrogen and oxygen atoms in total. The smallest absolute Gasteiger partial charge is 0.355 e. The van der Waals surface area contributed by atoms with E-state index in [0.29, 0.717) is 12.1 Å². The van der Waals surface area contributed by atoms with Crippen LogP contribution in [0.2, 0.25) is 0 Å². The van der Waals surface area contributed by atoms with Crippen molar-refractivity contribution in [3.8, 4) is 0 Å². The molecule has 2 atom stereocenters. The fourth-order valence-corrected chi connectivity index (χ4v) is 6.01. The quantitative estimate of drug-likeness (QED) is 0.141. The summed E-state index contributed by atoms with van der Waals surface area (Å²) in [6.45, 7) is 8.65. The number of rotatable bonds is 13. The van der Waals surface area contributed by atoms with E-state index in [4.69, 9.17) is 14.3 Å². The van der Waals surface area contributed by atoms with Crippen molar-refractivity contribution in [3.05, 3.63) is 22.3 Å². The van der Waals surface area contributed by atoms with E-state index in [1.807, 2.05) is 13.8 Å². The van der Waals surface area contributed by atoms with Gasteiger partial charge in [-0.2, -0.15) is 0 Å². The second-order valence-electron chi connectivity index (χ2n) is 8.60. The van der Waals surface area contributed by atoms with Gasteiger partial charge in [0, 0.05) is 37.1 Å². The lowest BCUT2D eigenvalue weighted by atomic mass is 10.0. The average molecular weight is 597 g/mol. The highest BCUT2D eigenvalue weighted by Gasteiger charge is 2.54. The van der Waals surface area contributed by atoms with Crippen LogP contribution in [-0.2, 0) is 38.3 Å². The molecular weight excluding hydrogens is 564 g/mol. The van der Waals surface area contributed by atoms with Gasteiger partial charge in [0.25, 0.3) is 11.8 Å². The molecule has 0 saturated carbocycles. The van der Waals surface area contributed by atoms with Crippen molar-refractivity contribution in [1.82, 2.24) is 20.1 Å². The van der Waals surface area contributed by atoms with Crippen molar-refractivity contribution in [1.29, 1.82) is 0 Å². The Morgan fingerprint density at radius 1 is 1.20 bits per heavy atom. The molecule has 0 aromatic carbocycles. The molecule has 2 aliphatic heterocycles. The van der Waals surface area contributed by atoms with Gasteiger partial charge >= 0.3 is 11.9 Å². The van der Waals surface area contributed by atoms with Crippen molar-refractivity contribution in [2.75, 3.05) is 51.0 Å². The Balaban J connectivity index is 1.76. The molecular formula is C24H32N6O8S2. The molecule has 2 unspecified atom stereocenters. The summed E-state index contributed by atoms with van der Waals surface area (Å²) < 4.78 is 10.6. The van der Waals surface area contributed by atoms with Crippen LogP contribution in [-0.4, -0.2) is 107 Å². The standard InChI is InChI=1S/C24H32N6O8S2/c1-6-29(7-2)8-9-37-23(35)19-15(10-38-14(4)32)11-39-22-18(21(34)30(19)22)27-20(33)17(28-36-5)16-12-40-24(26-16)25-13(3)31/h12,18,22H,6-11H2,1-5H3,(H,27,33)(H,25,26,31)/b28-17+. The molecule has 1 aromatic rings. The molecule has 0 spiro atoms. The van der Waals surface area contributed by atoms with Crippen LogP contribution in [0, 0.1) is 0 Å². The number of hydrogen-bond acceptors (Lipinski definition) is 13. The second kappa shape index (κ2) is 14.2. The first-order valence-corrected chi connectivity index (χ1v) is 14.4. The summed E-state index contributed by atoms with van der Waals surface area (Å²) in [5.74, 6) is -2.53. The van der Waals surface area contributed by atoms with E-state index in [2.05, 4.69) is 25.7 Å². The molecule has 2 aliphatic rings. The van der Waals surface area contributed by atoms with Crippen LogP contribution in [0.1, 0.15) is 33.4 Å². The van der Waals surface area contributed by atoms with Crippen molar-refractivity contribution < 1.29 is 38.3 Å². The maximum Gasteiger partial charge on any atom is 0.355 e. The number of thiazole rings is 1. The third-order valence-electron chi connectivity index (χ3n) is 5.94. The van der Waals surface area contributed by atoms with E-state index >= 15 is 0 Å². The van der Waals surface area contributed by atoms with Crippen LogP contribution >= 0.6 is 23.1 Å². The maximum atomic E-state index is 13.3. The van der Waals surface area contributed by atoms with Crippen LogP contribution in [0.3, 0.4) is 0 Å². The zero-order valence-electron chi connectivity index (χ0n) is 22.8. The Kier molecular flexibility index (Phi) is 11.0. The molecule has 1 aromatic heterocycles. The third-order valence-corrected chi connectivity index (χ3v) is 8.04. The Bertz CT molecular complexity index is 1210. The minimum atomic E-state index is -0.971. The number of amides is 3. The number of hydrogen-bond donors (Lipinski definition) is 2. The minimum absolute atomic E-state index is 0.0188. The first kappa shape index (κ1) is 31.0. The molecule has 218 valence electrons. The van der Waals surface area contributed by atoms with E-state index in [0.717, 1.165) is 24.4 Å². The number of likely N-dealkylation sites (N-methyl/N-ethyl adjacent to an activating group) is 1. The highest BCUT2D eigenvalue weighted by atomic mass is 32.2.